The molecule has 0 aliphatic heterocycles. The first kappa shape index (κ1) is 21.8. The lowest BCUT2D eigenvalue weighted by Crippen LogP contribution is -2.39. The van der Waals surface area contributed by atoms with Crippen LogP contribution < -0.4 is 16.0 Å². The molecule has 0 atom stereocenters. The van der Waals surface area contributed by atoms with Gasteiger partial charge in [-0.05, 0) is 23.8 Å². The van der Waals surface area contributed by atoms with Crippen molar-refractivity contribution in [1.82, 2.24) is 20.5 Å². The molecule has 0 aliphatic carbocycles. The molecule has 0 saturated heterocycles. The number of aromatic nitrogens is 1. The van der Waals surface area contributed by atoms with Crippen molar-refractivity contribution < 1.29 is 4.79 Å². The predicted octanol–water partition coefficient (Wildman–Crippen LogP) is 2.87. The lowest BCUT2D eigenvalue weighted by molar-refractivity contribution is 0.0827. The molecule has 2 rings (SSSR count). The van der Waals surface area contributed by atoms with Crippen LogP contribution in [-0.2, 0) is 6.54 Å². The van der Waals surface area contributed by atoms with Crippen molar-refractivity contribution in [3.63, 3.8) is 0 Å². The molecule has 1 aromatic heterocycles. The number of nitrogens with one attached hydrogen (secondary N) is 3. The van der Waals surface area contributed by atoms with Crippen LogP contribution in [0.15, 0.2) is 41.5 Å². The molecular formula is C19H24Cl2N6O. The number of nitrogens with zero attached hydrogens (tertiary/aromatic N) is 3. The number of hydrogen-bond donors (Lipinski definition) is 3. The minimum atomic E-state index is -0.0141. The van der Waals surface area contributed by atoms with Crippen LogP contribution in [0.1, 0.15) is 15.9 Å². The van der Waals surface area contributed by atoms with E-state index in [0.29, 0.717) is 47.0 Å². The molecule has 7 nitrogen and oxygen atoms in total. The summed E-state index contributed by atoms with van der Waals surface area (Å²) in [6.45, 7) is 1.82. The van der Waals surface area contributed by atoms with Gasteiger partial charge in [0.15, 0.2) is 5.96 Å². The molecule has 0 spiro atoms. The number of benzene rings is 1. The van der Waals surface area contributed by atoms with Crippen LogP contribution in [0, 0.1) is 0 Å². The van der Waals surface area contributed by atoms with Crippen molar-refractivity contribution in [1.29, 1.82) is 0 Å². The second-order valence-electron chi connectivity index (χ2n) is 6.16. The van der Waals surface area contributed by atoms with E-state index in [9.17, 15) is 4.79 Å². The molecule has 9 heteroatoms. The second kappa shape index (κ2) is 10.7. The molecule has 150 valence electrons. The van der Waals surface area contributed by atoms with Crippen LogP contribution in [0.25, 0.3) is 0 Å². The number of hydrogen-bond acceptors (Lipinski definition) is 4. The highest BCUT2D eigenvalue weighted by Crippen LogP contribution is 2.21. The number of pyridine rings is 1. The van der Waals surface area contributed by atoms with Gasteiger partial charge in [-0.2, -0.15) is 0 Å². The zero-order chi connectivity index (χ0) is 20.5. The molecule has 28 heavy (non-hydrogen) atoms. The number of guanidine groups is 1. The van der Waals surface area contributed by atoms with Crippen LogP contribution >= 0.6 is 23.2 Å². The second-order valence-corrected chi connectivity index (χ2v) is 7.00. The molecule has 0 fully saturated rings. The fourth-order valence-electron chi connectivity index (χ4n) is 2.34. The molecule has 2 aromatic rings. The quantitative estimate of drug-likeness (QED) is 0.363. The Balaban J connectivity index is 1.76. The van der Waals surface area contributed by atoms with E-state index >= 15 is 0 Å². The number of carbonyl (C=O) groups is 1. The first-order chi connectivity index (χ1) is 13.4. The number of amides is 1. The third-order valence-corrected chi connectivity index (χ3v) is 4.30. The number of aliphatic imine (C=N–C) groups is 1. The van der Waals surface area contributed by atoms with E-state index in [0.717, 1.165) is 5.56 Å². The van der Waals surface area contributed by atoms with Gasteiger partial charge in [-0.3, -0.25) is 9.79 Å². The van der Waals surface area contributed by atoms with E-state index in [4.69, 9.17) is 23.2 Å². The van der Waals surface area contributed by atoms with Gasteiger partial charge in [0.1, 0.15) is 5.82 Å². The maximum Gasteiger partial charge on any atom is 0.253 e. The minimum Gasteiger partial charge on any atom is -0.367 e. The van der Waals surface area contributed by atoms with Gasteiger partial charge in [-0.1, -0.05) is 35.3 Å². The van der Waals surface area contributed by atoms with Crippen molar-refractivity contribution in [2.24, 2.45) is 4.99 Å². The van der Waals surface area contributed by atoms with Crippen molar-refractivity contribution in [3.05, 3.63) is 57.7 Å². The average Bonchev–Trinajstić information content (AvgIpc) is 2.68. The van der Waals surface area contributed by atoms with Crippen molar-refractivity contribution >= 4 is 40.9 Å². The van der Waals surface area contributed by atoms with Gasteiger partial charge >= 0.3 is 0 Å². The topological polar surface area (TPSA) is 81.6 Å². The summed E-state index contributed by atoms with van der Waals surface area (Å²) in [7, 11) is 5.18. The summed E-state index contributed by atoms with van der Waals surface area (Å²) in [6, 6.07) is 9.13. The Morgan fingerprint density at radius 1 is 1.14 bits per heavy atom. The Kier molecular flexibility index (Phi) is 8.35. The van der Waals surface area contributed by atoms with Gasteiger partial charge in [0.25, 0.3) is 5.91 Å². The Morgan fingerprint density at radius 3 is 2.46 bits per heavy atom. The van der Waals surface area contributed by atoms with Crippen molar-refractivity contribution in [3.8, 4) is 0 Å². The zero-order valence-corrected chi connectivity index (χ0v) is 17.6. The summed E-state index contributed by atoms with van der Waals surface area (Å²) in [6.07, 6.45) is 1.54. The fourth-order valence-corrected chi connectivity index (χ4v) is 2.78. The largest absolute Gasteiger partial charge is 0.367 e. The molecular weight excluding hydrogens is 399 g/mol. The Morgan fingerprint density at radius 2 is 1.86 bits per heavy atom. The number of anilines is 1. The fraction of sp³-hybridized carbons (Fsp3) is 0.316. The van der Waals surface area contributed by atoms with Crippen LogP contribution in [0.3, 0.4) is 0 Å². The molecule has 0 unspecified atom stereocenters. The summed E-state index contributed by atoms with van der Waals surface area (Å²) in [5, 5.41) is 10.5. The highest BCUT2D eigenvalue weighted by Gasteiger charge is 2.07. The van der Waals surface area contributed by atoms with E-state index in [1.165, 1.54) is 0 Å². The van der Waals surface area contributed by atoms with Crippen molar-refractivity contribution in [2.75, 3.05) is 39.5 Å². The van der Waals surface area contributed by atoms with Gasteiger partial charge < -0.3 is 20.9 Å². The minimum absolute atomic E-state index is 0.0141. The zero-order valence-electron chi connectivity index (χ0n) is 16.1. The molecule has 0 radical (unpaired) electrons. The summed E-state index contributed by atoms with van der Waals surface area (Å²) in [5.74, 6) is 1.24. The van der Waals surface area contributed by atoms with Crippen molar-refractivity contribution in [2.45, 2.75) is 6.54 Å². The van der Waals surface area contributed by atoms with Crippen LogP contribution in [-0.4, -0.2) is 56.0 Å². The summed E-state index contributed by atoms with van der Waals surface area (Å²) < 4.78 is 0. The first-order valence-electron chi connectivity index (χ1n) is 8.70. The lowest BCUT2D eigenvalue weighted by atomic mass is 10.1. The van der Waals surface area contributed by atoms with E-state index in [1.807, 2.05) is 24.3 Å². The number of halogens is 2. The van der Waals surface area contributed by atoms with E-state index in [1.54, 1.807) is 38.3 Å². The maximum atomic E-state index is 11.9. The van der Waals surface area contributed by atoms with E-state index in [-0.39, 0.29) is 5.91 Å². The van der Waals surface area contributed by atoms with Gasteiger partial charge in [0.05, 0.1) is 10.0 Å². The van der Waals surface area contributed by atoms with Crippen LogP contribution in [0.2, 0.25) is 10.0 Å². The Bertz CT molecular complexity index is 824. The summed E-state index contributed by atoms with van der Waals surface area (Å²) in [4.78, 5) is 21.8. The summed E-state index contributed by atoms with van der Waals surface area (Å²) >= 11 is 11.9. The Labute approximate surface area is 175 Å². The number of carbonyl (C=O) groups excluding carboxylic acids is 1. The monoisotopic (exact) mass is 422 g/mol. The molecule has 3 N–H and O–H groups in total. The maximum absolute atomic E-state index is 11.9. The van der Waals surface area contributed by atoms with Crippen LogP contribution in [0.4, 0.5) is 5.82 Å². The molecule has 1 heterocycles. The Hall–Kier alpha value is -2.51. The molecule has 1 aromatic carbocycles. The standard InChI is InChI=1S/C19H24Cl2N6O/c1-22-19(24-9-8-23-17-16(21)10-15(20)12-25-17)26-11-13-4-6-14(7-5-13)18(28)27(2)3/h4-7,10,12H,8-9,11H2,1-3H3,(H,23,25)(H2,22,24,26). The molecule has 0 aliphatic rings. The predicted molar refractivity (Wildman–Crippen MR) is 115 cm³/mol. The van der Waals surface area contributed by atoms with Crippen LogP contribution in [0.5, 0.6) is 0 Å². The third kappa shape index (κ3) is 6.58. The molecule has 0 saturated carbocycles. The van der Waals surface area contributed by atoms with E-state index in [2.05, 4.69) is 25.9 Å². The third-order valence-electron chi connectivity index (χ3n) is 3.81. The smallest absolute Gasteiger partial charge is 0.253 e. The van der Waals surface area contributed by atoms with Gasteiger partial charge in [0.2, 0.25) is 0 Å². The molecule has 0 bridgehead atoms. The lowest BCUT2D eigenvalue weighted by Gasteiger charge is -2.14. The average molecular weight is 423 g/mol. The van der Waals surface area contributed by atoms with Gasteiger partial charge in [0, 0.05) is 52.5 Å². The molecule has 1 amide bonds. The highest BCUT2D eigenvalue weighted by molar-refractivity contribution is 6.35. The highest BCUT2D eigenvalue weighted by atomic mass is 35.5. The van der Waals surface area contributed by atoms with Gasteiger partial charge in [-0.15, -0.1) is 0 Å². The van der Waals surface area contributed by atoms with Gasteiger partial charge in [-0.25, -0.2) is 4.98 Å². The summed E-state index contributed by atoms with van der Waals surface area (Å²) in [5.41, 5.74) is 1.71. The SMILES string of the molecule is CN=C(NCCNc1ncc(Cl)cc1Cl)NCc1ccc(C(=O)N(C)C)cc1. The number of rotatable bonds is 7. The normalized spacial score (nSPS) is 11.1. The first-order valence-corrected chi connectivity index (χ1v) is 9.46. The van der Waals surface area contributed by atoms with E-state index < -0.39 is 0 Å².